The molecule has 2 atom stereocenters. The summed E-state index contributed by atoms with van der Waals surface area (Å²) in [5.41, 5.74) is 0. The molecule has 0 aromatic heterocycles. The maximum absolute atomic E-state index is 2.60. The molecule has 0 amide bonds. The van der Waals surface area contributed by atoms with E-state index in [0.717, 1.165) is 12.6 Å². The molecule has 0 bridgehead atoms. The van der Waals surface area contributed by atoms with Gasteiger partial charge in [0.05, 0.1) is 0 Å². The second-order valence-corrected chi connectivity index (χ2v) is 4.47. The molecule has 0 spiro atoms. The van der Waals surface area contributed by atoms with E-state index in [1.165, 1.54) is 19.4 Å². The minimum Gasteiger partial charge on any atom is -0.282 e. The molecule has 1 heterocycles. The topological polar surface area (TPSA) is 9.72 Å². The van der Waals surface area contributed by atoms with E-state index in [-0.39, 0.29) is 0 Å². The summed E-state index contributed by atoms with van der Waals surface area (Å²) in [6, 6.07) is 0.767. The number of rotatable bonds is 3. The molecule has 1 fully saturated rings. The van der Waals surface area contributed by atoms with E-state index in [4.69, 9.17) is 0 Å². The second kappa shape index (κ2) is 5.10. The van der Waals surface area contributed by atoms with Gasteiger partial charge in [0.25, 0.3) is 0 Å². The summed E-state index contributed by atoms with van der Waals surface area (Å²) < 4.78 is 0. The summed E-state index contributed by atoms with van der Waals surface area (Å²) in [7, 11) is 6.56. The van der Waals surface area contributed by atoms with E-state index in [2.05, 4.69) is 49.7 Å². The Morgan fingerprint density at radius 1 is 1.29 bits per heavy atom. The summed E-state index contributed by atoms with van der Waals surface area (Å²) in [4.78, 5) is 7.35. The third-order valence-corrected chi connectivity index (χ3v) is 3.27. The smallest absolute Gasteiger partial charge is 0.119 e. The van der Waals surface area contributed by atoms with Crippen LogP contribution in [0.2, 0.25) is 0 Å². The van der Waals surface area contributed by atoms with Crippen LogP contribution in [0.25, 0.3) is 0 Å². The van der Waals surface area contributed by atoms with E-state index in [0.29, 0.717) is 6.29 Å². The van der Waals surface area contributed by atoms with Gasteiger partial charge in [0, 0.05) is 12.6 Å². The molecule has 1 aliphatic rings. The van der Waals surface area contributed by atoms with Crippen LogP contribution in [-0.4, -0.2) is 61.3 Å². The Balaban J connectivity index is 2.74. The molecular formula is C11H25N3. The van der Waals surface area contributed by atoms with Crippen LogP contribution in [-0.2, 0) is 0 Å². The lowest BCUT2D eigenvalue weighted by atomic mass is 10.1. The Morgan fingerprint density at radius 2 is 1.93 bits per heavy atom. The maximum atomic E-state index is 2.60. The fourth-order valence-corrected chi connectivity index (χ4v) is 2.63. The van der Waals surface area contributed by atoms with Gasteiger partial charge in [0.15, 0.2) is 0 Å². The minimum absolute atomic E-state index is 0.485. The van der Waals surface area contributed by atoms with Gasteiger partial charge in [-0.1, -0.05) is 13.8 Å². The van der Waals surface area contributed by atoms with E-state index in [9.17, 15) is 0 Å². The molecule has 0 N–H and O–H groups in total. The van der Waals surface area contributed by atoms with E-state index in [1.807, 2.05) is 0 Å². The summed E-state index contributed by atoms with van der Waals surface area (Å²) >= 11 is 0. The molecule has 3 nitrogen and oxygen atoms in total. The zero-order valence-corrected chi connectivity index (χ0v) is 10.3. The Kier molecular flexibility index (Phi) is 4.35. The van der Waals surface area contributed by atoms with Crippen molar-refractivity contribution in [1.29, 1.82) is 0 Å². The van der Waals surface area contributed by atoms with E-state index in [1.54, 1.807) is 0 Å². The first kappa shape index (κ1) is 12.0. The van der Waals surface area contributed by atoms with Crippen LogP contribution in [0.1, 0.15) is 26.7 Å². The quantitative estimate of drug-likeness (QED) is 0.678. The van der Waals surface area contributed by atoms with Crippen molar-refractivity contribution in [2.24, 2.45) is 0 Å². The van der Waals surface area contributed by atoms with Crippen molar-refractivity contribution in [1.82, 2.24) is 14.7 Å². The molecule has 0 aromatic carbocycles. The maximum Gasteiger partial charge on any atom is 0.119 e. The zero-order chi connectivity index (χ0) is 10.7. The van der Waals surface area contributed by atoms with Crippen molar-refractivity contribution in [3.8, 4) is 0 Å². The highest BCUT2D eigenvalue weighted by atomic mass is 15.5. The average molecular weight is 199 g/mol. The minimum atomic E-state index is 0.485. The third-order valence-electron chi connectivity index (χ3n) is 3.27. The molecule has 1 rings (SSSR count). The van der Waals surface area contributed by atoms with Crippen molar-refractivity contribution in [3.63, 3.8) is 0 Å². The highest BCUT2D eigenvalue weighted by Crippen LogP contribution is 2.21. The predicted octanol–water partition coefficient (Wildman–Crippen LogP) is 1.27. The van der Waals surface area contributed by atoms with Crippen LogP contribution in [0.5, 0.6) is 0 Å². The Hall–Kier alpha value is -0.120. The predicted molar refractivity (Wildman–Crippen MR) is 61.2 cm³/mol. The molecular weight excluding hydrogens is 174 g/mol. The molecule has 1 saturated heterocycles. The van der Waals surface area contributed by atoms with Crippen LogP contribution in [0, 0.1) is 0 Å². The molecule has 0 radical (unpaired) electrons. The molecule has 0 saturated carbocycles. The second-order valence-electron chi connectivity index (χ2n) is 4.47. The van der Waals surface area contributed by atoms with Crippen LogP contribution in [0.15, 0.2) is 0 Å². The number of hydrogen-bond donors (Lipinski definition) is 0. The van der Waals surface area contributed by atoms with Gasteiger partial charge in [-0.3, -0.25) is 14.7 Å². The first-order valence-corrected chi connectivity index (χ1v) is 5.74. The lowest BCUT2D eigenvalue weighted by Crippen LogP contribution is -2.62. The molecule has 84 valence electrons. The fourth-order valence-electron chi connectivity index (χ4n) is 2.63. The summed E-state index contributed by atoms with van der Waals surface area (Å²) in [5, 5.41) is 0. The highest BCUT2D eigenvalue weighted by Gasteiger charge is 2.32. The molecule has 14 heavy (non-hydrogen) atoms. The van der Waals surface area contributed by atoms with Crippen molar-refractivity contribution in [3.05, 3.63) is 0 Å². The van der Waals surface area contributed by atoms with Crippen molar-refractivity contribution in [2.75, 3.05) is 34.2 Å². The summed E-state index contributed by atoms with van der Waals surface area (Å²) in [6.45, 7) is 6.92. The number of nitrogens with zero attached hydrogens (tertiary/aromatic N) is 3. The monoisotopic (exact) mass is 199 g/mol. The molecule has 3 heteroatoms. The third kappa shape index (κ3) is 2.27. The van der Waals surface area contributed by atoms with Crippen LogP contribution < -0.4 is 0 Å². The van der Waals surface area contributed by atoms with Crippen molar-refractivity contribution >= 4 is 0 Å². The first-order valence-electron chi connectivity index (χ1n) is 5.74. The lowest BCUT2D eigenvalue weighted by Gasteiger charge is -2.49. The summed E-state index contributed by atoms with van der Waals surface area (Å²) in [5.74, 6) is 0. The Bertz CT molecular complexity index is 170. The molecule has 0 aromatic rings. The first-order chi connectivity index (χ1) is 6.61. The van der Waals surface area contributed by atoms with Crippen LogP contribution in [0.3, 0.4) is 0 Å². The lowest BCUT2D eigenvalue weighted by molar-refractivity contribution is -0.0905. The van der Waals surface area contributed by atoms with Crippen LogP contribution >= 0.6 is 0 Å². The largest absolute Gasteiger partial charge is 0.282 e. The van der Waals surface area contributed by atoms with E-state index >= 15 is 0 Å². The zero-order valence-electron chi connectivity index (χ0n) is 10.3. The normalized spacial score (nSPS) is 31.3. The SMILES string of the molecule is CCC1CCN(C)C(N(C)C)N1CC. The fraction of sp³-hybridized carbons (Fsp3) is 1.00. The van der Waals surface area contributed by atoms with Crippen molar-refractivity contribution < 1.29 is 0 Å². The highest BCUT2D eigenvalue weighted by molar-refractivity contribution is 4.82. The molecule has 1 aliphatic heterocycles. The van der Waals surface area contributed by atoms with Gasteiger partial charge in [-0.25, -0.2) is 0 Å². The van der Waals surface area contributed by atoms with Gasteiger partial charge in [0.1, 0.15) is 6.29 Å². The van der Waals surface area contributed by atoms with Gasteiger partial charge in [-0.2, -0.15) is 0 Å². The van der Waals surface area contributed by atoms with E-state index < -0.39 is 0 Å². The summed E-state index contributed by atoms with van der Waals surface area (Å²) in [6.07, 6.45) is 3.07. The van der Waals surface area contributed by atoms with Crippen molar-refractivity contribution in [2.45, 2.75) is 39.0 Å². The van der Waals surface area contributed by atoms with Gasteiger partial charge >= 0.3 is 0 Å². The Morgan fingerprint density at radius 3 is 2.36 bits per heavy atom. The van der Waals surface area contributed by atoms with Gasteiger partial charge in [-0.15, -0.1) is 0 Å². The molecule has 2 unspecified atom stereocenters. The van der Waals surface area contributed by atoms with Gasteiger partial charge < -0.3 is 0 Å². The molecule has 0 aliphatic carbocycles. The number of hydrogen-bond acceptors (Lipinski definition) is 3. The van der Waals surface area contributed by atoms with Gasteiger partial charge in [-0.05, 0) is 40.5 Å². The average Bonchev–Trinajstić information content (AvgIpc) is 2.16. The van der Waals surface area contributed by atoms with Gasteiger partial charge in [0.2, 0.25) is 0 Å². The Labute approximate surface area is 88.7 Å². The van der Waals surface area contributed by atoms with Crippen LogP contribution in [0.4, 0.5) is 0 Å². The standard InChI is InChI=1S/C11H25N3/c1-6-10-8-9-13(5)11(12(3)4)14(10)7-2/h10-11H,6-9H2,1-5H3.